The molecule has 92 valence electrons. The third-order valence-corrected chi connectivity index (χ3v) is 3.94. The average Bonchev–Trinajstić information content (AvgIpc) is 2.83. The third kappa shape index (κ3) is 1.78. The van der Waals surface area contributed by atoms with Gasteiger partial charge in [0, 0.05) is 17.4 Å². The second-order valence-corrected chi connectivity index (χ2v) is 4.94. The second kappa shape index (κ2) is 4.45. The normalized spacial score (nSPS) is 28.9. The van der Waals surface area contributed by atoms with Crippen LogP contribution in [-0.4, -0.2) is 13.1 Å². The van der Waals surface area contributed by atoms with Crippen LogP contribution in [0.2, 0.25) is 0 Å². The van der Waals surface area contributed by atoms with Crippen molar-refractivity contribution in [2.45, 2.75) is 12.3 Å². The number of ether oxygens (including phenoxy) is 1. The molecule has 0 N–H and O–H groups in total. The van der Waals surface area contributed by atoms with Gasteiger partial charge in [-0.2, -0.15) is 0 Å². The van der Waals surface area contributed by atoms with Crippen LogP contribution in [0.5, 0.6) is 0 Å². The summed E-state index contributed by atoms with van der Waals surface area (Å²) in [5.41, 5.74) is 2.09. The lowest BCUT2D eigenvalue weighted by molar-refractivity contribution is -0.136. The van der Waals surface area contributed by atoms with Crippen LogP contribution >= 0.6 is 0 Å². The van der Waals surface area contributed by atoms with Gasteiger partial charge in [0.2, 0.25) is 0 Å². The van der Waals surface area contributed by atoms with Gasteiger partial charge in [0.1, 0.15) is 0 Å². The van der Waals surface area contributed by atoms with E-state index in [0.717, 1.165) is 12.0 Å². The molecule has 0 saturated heterocycles. The first-order valence-electron chi connectivity index (χ1n) is 6.33. The van der Waals surface area contributed by atoms with Gasteiger partial charge in [0.05, 0.1) is 7.11 Å². The molecule has 0 radical (unpaired) electrons. The fourth-order valence-corrected chi connectivity index (χ4v) is 3.02. The van der Waals surface area contributed by atoms with Crippen LogP contribution in [0.3, 0.4) is 0 Å². The zero-order chi connectivity index (χ0) is 12.5. The van der Waals surface area contributed by atoms with Crippen LogP contribution in [-0.2, 0) is 9.53 Å². The highest BCUT2D eigenvalue weighted by molar-refractivity contribution is 5.90. The highest BCUT2D eigenvalue weighted by atomic mass is 16.5. The Morgan fingerprint density at radius 3 is 2.72 bits per heavy atom. The summed E-state index contributed by atoms with van der Waals surface area (Å²) < 4.78 is 4.88. The minimum Gasteiger partial charge on any atom is -0.466 e. The Balaban J connectivity index is 2.00. The number of carbonyl (C=O) groups is 1. The van der Waals surface area contributed by atoms with E-state index < -0.39 is 0 Å². The number of esters is 1. The van der Waals surface area contributed by atoms with Crippen molar-refractivity contribution < 1.29 is 9.53 Å². The highest BCUT2D eigenvalue weighted by Crippen LogP contribution is 2.44. The number of rotatable bonds is 2. The predicted molar refractivity (Wildman–Crippen MR) is 70.0 cm³/mol. The number of allylic oxidation sites excluding steroid dienone is 3. The van der Waals surface area contributed by atoms with Crippen molar-refractivity contribution in [3.05, 3.63) is 59.7 Å². The molecule has 0 unspecified atom stereocenters. The van der Waals surface area contributed by atoms with Crippen molar-refractivity contribution >= 4 is 5.97 Å². The number of hydrogen-bond acceptors (Lipinski definition) is 2. The summed E-state index contributed by atoms with van der Waals surface area (Å²) in [6, 6.07) is 10.4. The van der Waals surface area contributed by atoms with Crippen LogP contribution in [0.15, 0.2) is 54.1 Å². The van der Waals surface area contributed by atoms with Gasteiger partial charge >= 0.3 is 5.97 Å². The van der Waals surface area contributed by atoms with Crippen molar-refractivity contribution in [2.75, 3.05) is 7.11 Å². The van der Waals surface area contributed by atoms with Gasteiger partial charge in [-0.15, -0.1) is 0 Å². The Bertz CT molecular complexity index is 513. The van der Waals surface area contributed by atoms with Crippen LogP contribution < -0.4 is 0 Å². The zero-order valence-corrected chi connectivity index (χ0v) is 10.4. The molecule has 0 heterocycles. The number of benzene rings is 1. The molecule has 0 fully saturated rings. The lowest BCUT2D eigenvalue weighted by Crippen LogP contribution is -2.21. The third-order valence-electron chi connectivity index (χ3n) is 3.94. The summed E-state index contributed by atoms with van der Waals surface area (Å²) in [6.07, 6.45) is 7.52. The van der Waals surface area contributed by atoms with Gasteiger partial charge in [-0.3, -0.25) is 0 Å². The van der Waals surface area contributed by atoms with E-state index in [1.54, 1.807) is 0 Å². The molecule has 2 aliphatic rings. The standard InChI is InChI=1S/C16H16O2/c1-18-16(17)15-10-14(11-5-3-2-4-6-11)12-7-8-13(15)9-12/h2-8,10,12-14H,9H2,1H3/t12-,13+,14-/m1/s1. The smallest absolute Gasteiger partial charge is 0.334 e. The molecular formula is C16H16O2. The zero-order valence-electron chi connectivity index (χ0n) is 10.4. The van der Waals surface area contributed by atoms with Crippen molar-refractivity contribution in [3.63, 3.8) is 0 Å². The van der Waals surface area contributed by atoms with Gasteiger partial charge in [-0.1, -0.05) is 48.6 Å². The van der Waals surface area contributed by atoms with Crippen LogP contribution in [0.4, 0.5) is 0 Å². The van der Waals surface area contributed by atoms with Gasteiger partial charge in [-0.25, -0.2) is 4.79 Å². The summed E-state index contributed by atoms with van der Waals surface area (Å²) in [7, 11) is 1.45. The molecule has 2 bridgehead atoms. The van der Waals surface area contributed by atoms with Crippen LogP contribution in [0.1, 0.15) is 17.9 Å². The highest BCUT2D eigenvalue weighted by Gasteiger charge is 2.36. The number of carbonyl (C=O) groups excluding carboxylic acids is 1. The monoisotopic (exact) mass is 240 g/mol. The predicted octanol–water partition coefficient (Wildman–Crippen LogP) is 3.08. The molecule has 0 amide bonds. The number of fused-ring (bicyclic) bond motifs is 2. The van der Waals surface area contributed by atoms with E-state index in [9.17, 15) is 4.79 Å². The largest absolute Gasteiger partial charge is 0.466 e. The summed E-state index contributed by atoms with van der Waals surface area (Å²) in [6.45, 7) is 0. The van der Waals surface area contributed by atoms with E-state index in [1.807, 2.05) is 18.2 Å². The summed E-state index contributed by atoms with van der Waals surface area (Å²) >= 11 is 0. The van der Waals surface area contributed by atoms with Gasteiger partial charge in [-0.05, 0) is 17.9 Å². The molecule has 2 aliphatic carbocycles. The Hall–Kier alpha value is -1.83. The maximum Gasteiger partial charge on any atom is 0.334 e. The van der Waals surface area contributed by atoms with E-state index in [0.29, 0.717) is 11.8 Å². The van der Waals surface area contributed by atoms with E-state index in [-0.39, 0.29) is 11.9 Å². The van der Waals surface area contributed by atoms with Gasteiger partial charge in [0.25, 0.3) is 0 Å². The Kier molecular flexibility index (Phi) is 2.78. The molecule has 0 aromatic heterocycles. The lowest BCUT2D eigenvalue weighted by Gasteiger charge is -2.27. The van der Waals surface area contributed by atoms with Crippen molar-refractivity contribution in [3.8, 4) is 0 Å². The number of methoxy groups -OCH3 is 1. The van der Waals surface area contributed by atoms with E-state index in [4.69, 9.17) is 4.74 Å². The Morgan fingerprint density at radius 1 is 1.22 bits per heavy atom. The lowest BCUT2D eigenvalue weighted by atomic mass is 9.77. The Labute approximate surface area is 107 Å². The molecule has 1 aromatic carbocycles. The topological polar surface area (TPSA) is 26.3 Å². The molecule has 0 spiro atoms. The summed E-state index contributed by atoms with van der Waals surface area (Å²) in [4.78, 5) is 11.8. The molecule has 0 aliphatic heterocycles. The van der Waals surface area contributed by atoms with E-state index in [2.05, 4.69) is 30.4 Å². The summed E-state index contributed by atoms with van der Waals surface area (Å²) in [5, 5.41) is 0. The summed E-state index contributed by atoms with van der Waals surface area (Å²) in [5.74, 6) is 0.884. The first-order chi connectivity index (χ1) is 8.79. The van der Waals surface area contributed by atoms with Crippen molar-refractivity contribution in [1.82, 2.24) is 0 Å². The number of hydrogen-bond donors (Lipinski definition) is 0. The fraction of sp³-hybridized carbons (Fsp3) is 0.312. The molecule has 3 rings (SSSR count). The maximum atomic E-state index is 11.8. The maximum absolute atomic E-state index is 11.8. The fourth-order valence-electron chi connectivity index (χ4n) is 3.02. The molecule has 2 heteroatoms. The minimum absolute atomic E-state index is 0.189. The molecule has 3 atom stereocenters. The quantitative estimate of drug-likeness (QED) is 0.586. The second-order valence-electron chi connectivity index (χ2n) is 4.94. The molecule has 18 heavy (non-hydrogen) atoms. The van der Waals surface area contributed by atoms with E-state index in [1.165, 1.54) is 12.7 Å². The molecular weight excluding hydrogens is 224 g/mol. The Morgan fingerprint density at radius 2 is 2.00 bits per heavy atom. The molecule has 1 aromatic rings. The first kappa shape index (κ1) is 11.3. The molecule has 2 nitrogen and oxygen atoms in total. The van der Waals surface area contributed by atoms with Crippen molar-refractivity contribution in [1.29, 1.82) is 0 Å². The van der Waals surface area contributed by atoms with Gasteiger partial charge in [0.15, 0.2) is 0 Å². The SMILES string of the molecule is COC(=O)C1=C[C@H](c2ccccc2)[C@@H]2C=C[C@H]1C2. The van der Waals surface area contributed by atoms with E-state index >= 15 is 0 Å². The van der Waals surface area contributed by atoms with Crippen molar-refractivity contribution in [2.24, 2.45) is 11.8 Å². The molecule has 0 saturated carbocycles. The van der Waals surface area contributed by atoms with Crippen LogP contribution in [0, 0.1) is 11.8 Å². The van der Waals surface area contributed by atoms with Crippen LogP contribution in [0.25, 0.3) is 0 Å². The van der Waals surface area contributed by atoms with Gasteiger partial charge < -0.3 is 4.74 Å². The first-order valence-corrected chi connectivity index (χ1v) is 6.33. The minimum atomic E-state index is -0.189. The average molecular weight is 240 g/mol.